The third kappa shape index (κ3) is 10.8. The van der Waals surface area contributed by atoms with Crippen molar-refractivity contribution in [3.8, 4) is 5.75 Å². The second-order valence-electron chi connectivity index (χ2n) is 8.92. The number of unbranched alkanes of at least 4 members (excludes halogenated alkanes) is 2. The lowest BCUT2D eigenvalue weighted by molar-refractivity contribution is -0.151. The van der Waals surface area contributed by atoms with Crippen LogP contribution in [0.5, 0.6) is 5.75 Å². The Kier molecular flexibility index (Phi) is 12.2. The van der Waals surface area contributed by atoms with E-state index in [1.54, 1.807) is 0 Å². The first kappa shape index (κ1) is 27.4. The third-order valence-corrected chi connectivity index (χ3v) is 5.65. The number of nitrogens with zero attached hydrogens (tertiary/aromatic N) is 1. The van der Waals surface area contributed by atoms with Crippen LogP contribution in [0.3, 0.4) is 0 Å². The summed E-state index contributed by atoms with van der Waals surface area (Å²) in [5.41, 5.74) is 3.78. The number of benzene rings is 2. The van der Waals surface area contributed by atoms with Crippen molar-refractivity contribution < 1.29 is 24.2 Å². The van der Waals surface area contributed by atoms with E-state index in [4.69, 9.17) is 14.6 Å². The number of carbonyl (C=O) groups excluding carboxylic acids is 1. The molecule has 186 valence electrons. The van der Waals surface area contributed by atoms with E-state index < -0.39 is 5.97 Å². The molecule has 0 aromatic heterocycles. The van der Waals surface area contributed by atoms with Gasteiger partial charge in [-0.3, -0.25) is 9.59 Å². The smallest absolute Gasteiger partial charge is 0.306 e. The standard InChI is InChI=1S/C28H39NO5/c1-4-22-14-16-23(17-15-22)18-19-24-10-8-9-11-26(24)33-21-25(20-29(2)3)34-28(32)13-7-5-6-12-27(30)31/h8-11,14-17,25H,4-7,12-13,18-21H2,1-3H3,(H,30,31). The highest BCUT2D eigenvalue weighted by Gasteiger charge is 2.17. The lowest BCUT2D eigenvalue weighted by Gasteiger charge is -2.22. The van der Waals surface area contributed by atoms with Gasteiger partial charge in [-0.05, 0) is 69.0 Å². The van der Waals surface area contributed by atoms with Crippen LogP contribution >= 0.6 is 0 Å². The Hall–Kier alpha value is -2.86. The molecule has 0 saturated carbocycles. The lowest BCUT2D eigenvalue weighted by atomic mass is 10.0. The number of likely N-dealkylation sites (N-methyl/N-ethyl adjacent to an activating group) is 1. The number of para-hydroxylation sites is 1. The van der Waals surface area contributed by atoms with Crippen molar-refractivity contribution in [2.75, 3.05) is 27.2 Å². The fourth-order valence-electron chi connectivity index (χ4n) is 3.75. The van der Waals surface area contributed by atoms with E-state index in [0.717, 1.165) is 30.6 Å². The Morgan fingerprint density at radius 2 is 1.59 bits per heavy atom. The Labute approximate surface area is 203 Å². The summed E-state index contributed by atoms with van der Waals surface area (Å²) in [6, 6.07) is 16.8. The van der Waals surface area contributed by atoms with E-state index in [1.165, 1.54) is 11.1 Å². The molecule has 2 rings (SSSR count). The second-order valence-corrected chi connectivity index (χ2v) is 8.92. The van der Waals surface area contributed by atoms with Crippen LogP contribution in [0.25, 0.3) is 0 Å². The van der Waals surface area contributed by atoms with Crippen molar-refractivity contribution in [2.24, 2.45) is 0 Å². The van der Waals surface area contributed by atoms with Gasteiger partial charge < -0.3 is 19.5 Å². The largest absolute Gasteiger partial charge is 0.489 e. The second kappa shape index (κ2) is 15.1. The topological polar surface area (TPSA) is 76.1 Å². The van der Waals surface area contributed by atoms with Gasteiger partial charge in [-0.15, -0.1) is 0 Å². The first-order valence-corrected chi connectivity index (χ1v) is 12.2. The molecule has 0 aliphatic heterocycles. The minimum atomic E-state index is -0.805. The van der Waals surface area contributed by atoms with Crippen molar-refractivity contribution in [1.29, 1.82) is 0 Å². The first-order valence-electron chi connectivity index (χ1n) is 12.2. The summed E-state index contributed by atoms with van der Waals surface area (Å²) in [6.45, 7) is 3.01. The molecular formula is C28H39NO5. The van der Waals surface area contributed by atoms with E-state index >= 15 is 0 Å². The quantitative estimate of drug-likeness (QED) is 0.278. The summed E-state index contributed by atoms with van der Waals surface area (Å²) >= 11 is 0. The number of carbonyl (C=O) groups is 2. The maximum Gasteiger partial charge on any atom is 0.306 e. The summed E-state index contributed by atoms with van der Waals surface area (Å²) in [4.78, 5) is 24.9. The predicted molar refractivity (Wildman–Crippen MR) is 134 cm³/mol. The average Bonchev–Trinajstić information content (AvgIpc) is 2.81. The number of ether oxygens (including phenoxy) is 2. The zero-order valence-corrected chi connectivity index (χ0v) is 20.8. The number of aliphatic carboxylic acids is 1. The van der Waals surface area contributed by atoms with Crippen LogP contribution in [0, 0.1) is 0 Å². The van der Waals surface area contributed by atoms with E-state index in [-0.39, 0.29) is 31.5 Å². The van der Waals surface area contributed by atoms with Gasteiger partial charge in [-0.25, -0.2) is 0 Å². The molecule has 0 aliphatic rings. The number of rotatable bonds is 16. The molecule has 0 fully saturated rings. The first-order chi connectivity index (χ1) is 16.4. The number of hydrogen-bond donors (Lipinski definition) is 1. The van der Waals surface area contributed by atoms with Crippen molar-refractivity contribution in [3.05, 3.63) is 65.2 Å². The normalized spacial score (nSPS) is 11.9. The SMILES string of the molecule is CCc1ccc(CCc2ccccc2OCC(CN(C)C)OC(=O)CCCCCC(=O)O)cc1. The van der Waals surface area contributed by atoms with Gasteiger partial charge in [0.25, 0.3) is 0 Å². The van der Waals surface area contributed by atoms with Crippen molar-refractivity contribution in [3.63, 3.8) is 0 Å². The summed E-state index contributed by atoms with van der Waals surface area (Å²) in [5, 5.41) is 8.70. The van der Waals surface area contributed by atoms with Gasteiger partial charge >= 0.3 is 11.9 Å². The molecule has 0 aliphatic carbocycles. The van der Waals surface area contributed by atoms with Gasteiger partial charge in [-0.2, -0.15) is 0 Å². The molecule has 6 nitrogen and oxygen atoms in total. The molecule has 0 amide bonds. The molecular weight excluding hydrogens is 430 g/mol. The van der Waals surface area contributed by atoms with Gasteiger partial charge in [0.15, 0.2) is 0 Å². The number of carboxylic acid groups (broad SMARTS) is 1. The van der Waals surface area contributed by atoms with Crippen LogP contribution in [0.1, 0.15) is 55.7 Å². The monoisotopic (exact) mass is 469 g/mol. The van der Waals surface area contributed by atoms with Crippen LogP contribution in [0.2, 0.25) is 0 Å². The molecule has 1 atom stereocenters. The molecule has 2 aromatic carbocycles. The van der Waals surface area contributed by atoms with Crippen LogP contribution in [0.15, 0.2) is 48.5 Å². The molecule has 1 N–H and O–H groups in total. The fourth-order valence-corrected chi connectivity index (χ4v) is 3.75. The third-order valence-electron chi connectivity index (χ3n) is 5.65. The fraction of sp³-hybridized carbons (Fsp3) is 0.500. The highest BCUT2D eigenvalue weighted by Crippen LogP contribution is 2.21. The zero-order valence-electron chi connectivity index (χ0n) is 20.8. The minimum Gasteiger partial charge on any atom is -0.489 e. The molecule has 0 spiro atoms. The van der Waals surface area contributed by atoms with E-state index in [1.807, 2.05) is 37.2 Å². The lowest BCUT2D eigenvalue weighted by Crippen LogP contribution is -2.35. The van der Waals surface area contributed by atoms with E-state index in [2.05, 4.69) is 37.3 Å². The Bertz CT molecular complexity index is 879. The highest BCUT2D eigenvalue weighted by atomic mass is 16.6. The summed E-state index contributed by atoms with van der Waals surface area (Å²) < 4.78 is 11.8. The average molecular weight is 470 g/mol. The zero-order chi connectivity index (χ0) is 24.8. The molecule has 2 aromatic rings. The Morgan fingerprint density at radius 3 is 2.26 bits per heavy atom. The van der Waals surface area contributed by atoms with Gasteiger partial charge in [0, 0.05) is 19.4 Å². The maximum absolute atomic E-state index is 12.3. The summed E-state index contributed by atoms with van der Waals surface area (Å²) in [6.07, 6.45) is 4.79. The number of esters is 1. The van der Waals surface area contributed by atoms with Crippen molar-refractivity contribution in [2.45, 2.75) is 64.4 Å². The molecule has 1 unspecified atom stereocenters. The Balaban J connectivity index is 1.87. The summed E-state index contributed by atoms with van der Waals surface area (Å²) in [7, 11) is 3.87. The summed E-state index contributed by atoms with van der Waals surface area (Å²) in [5.74, 6) is -0.254. The number of hydrogen-bond acceptors (Lipinski definition) is 5. The molecule has 0 radical (unpaired) electrons. The van der Waals surface area contributed by atoms with E-state index in [0.29, 0.717) is 25.8 Å². The van der Waals surface area contributed by atoms with Crippen LogP contribution in [-0.4, -0.2) is 55.3 Å². The van der Waals surface area contributed by atoms with Crippen LogP contribution < -0.4 is 4.74 Å². The van der Waals surface area contributed by atoms with Gasteiger partial charge in [0.1, 0.15) is 18.5 Å². The number of aryl methyl sites for hydroxylation is 3. The number of carboxylic acids is 1. The minimum absolute atomic E-state index is 0.135. The van der Waals surface area contributed by atoms with Gasteiger partial charge in [0.2, 0.25) is 0 Å². The molecule has 0 heterocycles. The highest BCUT2D eigenvalue weighted by molar-refractivity contribution is 5.69. The van der Waals surface area contributed by atoms with Crippen molar-refractivity contribution in [1.82, 2.24) is 4.90 Å². The molecule has 6 heteroatoms. The molecule has 0 bridgehead atoms. The van der Waals surface area contributed by atoms with Gasteiger partial charge in [-0.1, -0.05) is 55.8 Å². The maximum atomic E-state index is 12.3. The van der Waals surface area contributed by atoms with Crippen LogP contribution in [0.4, 0.5) is 0 Å². The predicted octanol–water partition coefficient (Wildman–Crippen LogP) is 4.92. The van der Waals surface area contributed by atoms with E-state index in [9.17, 15) is 9.59 Å². The Morgan fingerprint density at radius 1 is 0.912 bits per heavy atom. The molecule has 0 saturated heterocycles. The van der Waals surface area contributed by atoms with Crippen LogP contribution in [-0.2, 0) is 33.6 Å². The van der Waals surface area contributed by atoms with Gasteiger partial charge in [0.05, 0.1) is 0 Å². The van der Waals surface area contributed by atoms with Crippen molar-refractivity contribution >= 4 is 11.9 Å². The molecule has 34 heavy (non-hydrogen) atoms.